The molecule has 0 bridgehead atoms. The Labute approximate surface area is 217 Å². The Kier molecular flexibility index (Phi) is 7.40. The molecule has 0 unspecified atom stereocenters. The Morgan fingerprint density at radius 3 is 2.41 bits per heavy atom. The number of benzene rings is 2. The van der Waals surface area contributed by atoms with Crippen LogP contribution in [0.2, 0.25) is 0 Å². The smallest absolute Gasteiger partial charge is 0.264 e. The van der Waals surface area contributed by atoms with Gasteiger partial charge in [-0.15, -0.1) is 0 Å². The van der Waals surface area contributed by atoms with Gasteiger partial charge in [0.2, 0.25) is 11.8 Å². The molecule has 1 saturated heterocycles. The Balaban J connectivity index is 1.44. The lowest BCUT2D eigenvalue weighted by Gasteiger charge is -2.44. The highest BCUT2D eigenvalue weighted by Gasteiger charge is 2.41. The first-order valence-corrected chi connectivity index (χ1v) is 13.6. The van der Waals surface area contributed by atoms with Gasteiger partial charge < -0.3 is 15.5 Å². The highest BCUT2D eigenvalue weighted by atomic mass is 32.2. The third-order valence-corrected chi connectivity index (χ3v) is 8.70. The molecule has 10 heteroatoms. The topological polar surface area (TPSA) is 116 Å². The molecule has 2 aromatic carbocycles. The van der Waals surface area contributed by atoms with E-state index in [1.54, 1.807) is 29.2 Å². The summed E-state index contributed by atoms with van der Waals surface area (Å²) < 4.78 is 27.5. The number of carbonyl (C=O) groups excluding carboxylic acids is 3. The Bertz CT molecular complexity index is 1310. The SMILES string of the molecule is Cc1ccc(S(=O)(=O)N2C=CNC(=O)[C@H]2CC(=O)N[C@@H]2CCN(C(=O)c3ccccc3)CC2(C)C)cc1. The van der Waals surface area contributed by atoms with E-state index in [0.717, 1.165) is 9.87 Å². The van der Waals surface area contributed by atoms with Crippen molar-refractivity contribution in [2.75, 3.05) is 13.1 Å². The zero-order chi connectivity index (χ0) is 26.8. The van der Waals surface area contributed by atoms with Crippen molar-refractivity contribution in [3.63, 3.8) is 0 Å². The number of piperidine rings is 1. The van der Waals surface area contributed by atoms with Crippen LogP contribution >= 0.6 is 0 Å². The van der Waals surface area contributed by atoms with Crippen LogP contribution < -0.4 is 10.6 Å². The molecule has 0 radical (unpaired) electrons. The van der Waals surface area contributed by atoms with Crippen LogP contribution in [-0.2, 0) is 19.6 Å². The maximum atomic E-state index is 13.3. The fraction of sp³-hybridized carbons (Fsp3) is 0.370. The molecule has 9 nitrogen and oxygen atoms in total. The van der Waals surface area contributed by atoms with E-state index < -0.39 is 33.3 Å². The van der Waals surface area contributed by atoms with Gasteiger partial charge in [0.15, 0.2) is 0 Å². The van der Waals surface area contributed by atoms with Crippen molar-refractivity contribution in [1.82, 2.24) is 19.8 Å². The molecule has 2 N–H and O–H groups in total. The summed E-state index contributed by atoms with van der Waals surface area (Å²) in [7, 11) is -4.04. The number of nitrogens with one attached hydrogen (secondary N) is 2. The number of aryl methyl sites for hydroxylation is 1. The third-order valence-electron chi connectivity index (χ3n) is 6.90. The Morgan fingerprint density at radius 2 is 1.76 bits per heavy atom. The standard InChI is InChI=1S/C27H32N4O5S/c1-19-9-11-21(12-10-19)37(35,36)31-16-14-28-25(33)22(31)17-24(32)29-23-13-15-30(18-27(23,2)3)26(34)20-7-5-4-6-8-20/h4-12,14,16,22-23H,13,15,17-18H2,1-3H3,(H,28,33)(H,29,32)/t22-,23-/m1/s1. The van der Waals surface area contributed by atoms with Crippen LogP contribution in [0.3, 0.4) is 0 Å². The minimum atomic E-state index is -4.04. The molecule has 0 saturated carbocycles. The molecule has 1 fully saturated rings. The molecular formula is C27H32N4O5S. The molecule has 2 atom stereocenters. The van der Waals surface area contributed by atoms with Crippen LogP contribution in [-0.4, -0.2) is 60.5 Å². The second kappa shape index (κ2) is 10.4. The fourth-order valence-electron chi connectivity index (χ4n) is 4.76. The highest BCUT2D eigenvalue weighted by molar-refractivity contribution is 7.89. The fourth-order valence-corrected chi connectivity index (χ4v) is 6.21. The van der Waals surface area contributed by atoms with E-state index in [1.165, 1.54) is 24.5 Å². The lowest BCUT2D eigenvalue weighted by Crippen LogP contribution is -2.58. The van der Waals surface area contributed by atoms with Crippen molar-refractivity contribution in [1.29, 1.82) is 0 Å². The van der Waals surface area contributed by atoms with E-state index in [2.05, 4.69) is 10.6 Å². The lowest BCUT2D eigenvalue weighted by molar-refractivity contribution is -0.130. The molecule has 2 aliphatic heterocycles. The number of amides is 3. The van der Waals surface area contributed by atoms with Gasteiger partial charge in [-0.05, 0) is 37.6 Å². The van der Waals surface area contributed by atoms with Crippen LogP contribution in [0.5, 0.6) is 0 Å². The number of sulfonamides is 1. The van der Waals surface area contributed by atoms with Crippen LogP contribution in [0, 0.1) is 12.3 Å². The molecule has 37 heavy (non-hydrogen) atoms. The van der Waals surface area contributed by atoms with Crippen LogP contribution in [0.4, 0.5) is 0 Å². The van der Waals surface area contributed by atoms with Crippen molar-refractivity contribution in [3.8, 4) is 0 Å². The van der Waals surface area contributed by atoms with Gasteiger partial charge in [0.05, 0.1) is 11.3 Å². The Morgan fingerprint density at radius 1 is 1.08 bits per heavy atom. The normalized spacial score (nSPS) is 21.3. The summed E-state index contributed by atoms with van der Waals surface area (Å²) >= 11 is 0. The molecule has 0 spiro atoms. The number of nitrogens with zero attached hydrogens (tertiary/aromatic N) is 2. The molecule has 2 aliphatic rings. The number of rotatable bonds is 6. The van der Waals surface area contributed by atoms with E-state index >= 15 is 0 Å². The number of carbonyl (C=O) groups is 3. The average Bonchev–Trinajstić information content (AvgIpc) is 2.86. The summed E-state index contributed by atoms with van der Waals surface area (Å²) in [5.41, 5.74) is 1.09. The van der Waals surface area contributed by atoms with Crippen molar-refractivity contribution >= 4 is 27.7 Å². The van der Waals surface area contributed by atoms with Gasteiger partial charge in [0, 0.05) is 42.5 Å². The third kappa shape index (κ3) is 5.69. The molecule has 3 amide bonds. The predicted octanol–water partition coefficient (Wildman–Crippen LogP) is 2.40. The summed E-state index contributed by atoms with van der Waals surface area (Å²) in [6, 6.07) is 13.9. The van der Waals surface area contributed by atoms with E-state index in [-0.39, 0.29) is 23.3 Å². The molecule has 0 aromatic heterocycles. The predicted molar refractivity (Wildman–Crippen MR) is 139 cm³/mol. The van der Waals surface area contributed by atoms with E-state index in [1.807, 2.05) is 39.0 Å². The average molecular weight is 525 g/mol. The van der Waals surface area contributed by atoms with E-state index in [4.69, 9.17) is 0 Å². The number of hydrogen-bond acceptors (Lipinski definition) is 5. The second-order valence-electron chi connectivity index (χ2n) is 10.2. The molecule has 2 heterocycles. The van der Waals surface area contributed by atoms with Gasteiger partial charge in [-0.3, -0.25) is 18.7 Å². The van der Waals surface area contributed by atoms with Crippen molar-refractivity contribution < 1.29 is 22.8 Å². The second-order valence-corrected chi connectivity index (χ2v) is 12.0. The Hall–Kier alpha value is -3.66. The molecule has 196 valence electrons. The first kappa shape index (κ1) is 26.4. The maximum absolute atomic E-state index is 13.3. The lowest BCUT2D eigenvalue weighted by atomic mass is 9.78. The zero-order valence-corrected chi connectivity index (χ0v) is 22.0. The first-order valence-electron chi connectivity index (χ1n) is 12.2. The van der Waals surface area contributed by atoms with Crippen LogP contribution in [0.1, 0.15) is 42.6 Å². The number of likely N-dealkylation sites (tertiary alicyclic amines) is 1. The molecule has 2 aromatic rings. The summed E-state index contributed by atoms with van der Waals surface area (Å²) in [6.45, 7) is 6.73. The molecule has 4 rings (SSSR count). The van der Waals surface area contributed by atoms with Gasteiger partial charge >= 0.3 is 0 Å². The van der Waals surface area contributed by atoms with Crippen molar-refractivity contribution in [2.24, 2.45) is 5.41 Å². The summed E-state index contributed by atoms with van der Waals surface area (Å²) in [4.78, 5) is 40.5. The summed E-state index contributed by atoms with van der Waals surface area (Å²) in [5.74, 6) is -1.06. The van der Waals surface area contributed by atoms with Crippen molar-refractivity contribution in [3.05, 3.63) is 78.1 Å². The molecule has 0 aliphatic carbocycles. The molecular weight excluding hydrogens is 492 g/mol. The monoisotopic (exact) mass is 524 g/mol. The number of hydrogen-bond donors (Lipinski definition) is 2. The van der Waals surface area contributed by atoms with E-state index in [0.29, 0.717) is 25.1 Å². The minimum Gasteiger partial charge on any atom is -0.353 e. The van der Waals surface area contributed by atoms with E-state index in [9.17, 15) is 22.8 Å². The minimum absolute atomic E-state index is 0.0412. The van der Waals surface area contributed by atoms with Crippen molar-refractivity contribution in [2.45, 2.75) is 50.6 Å². The summed E-state index contributed by atoms with van der Waals surface area (Å²) in [6.07, 6.45) is 2.73. The zero-order valence-electron chi connectivity index (χ0n) is 21.2. The van der Waals surface area contributed by atoms with Gasteiger partial charge in [0.1, 0.15) is 6.04 Å². The van der Waals surface area contributed by atoms with Gasteiger partial charge in [-0.1, -0.05) is 49.7 Å². The largest absolute Gasteiger partial charge is 0.353 e. The quantitative estimate of drug-likeness (QED) is 0.602. The van der Waals surface area contributed by atoms with Crippen LogP contribution in [0.25, 0.3) is 0 Å². The van der Waals surface area contributed by atoms with Gasteiger partial charge in [-0.2, -0.15) is 0 Å². The van der Waals surface area contributed by atoms with Gasteiger partial charge in [-0.25, -0.2) is 8.42 Å². The summed E-state index contributed by atoms with van der Waals surface area (Å²) in [5, 5.41) is 5.50. The first-order chi connectivity index (χ1) is 17.5. The van der Waals surface area contributed by atoms with Crippen LogP contribution in [0.15, 0.2) is 71.9 Å². The maximum Gasteiger partial charge on any atom is 0.264 e. The van der Waals surface area contributed by atoms with Gasteiger partial charge in [0.25, 0.3) is 15.9 Å². The highest BCUT2D eigenvalue weighted by Crippen LogP contribution is 2.31.